The average Bonchev–Trinajstić information content (AvgIpc) is 2.69. The Hall–Kier alpha value is -1.01. The molecule has 0 aliphatic carbocycles. The SMILES string of the molecule is Cc1ccccc1NC(=O)CS[C@H]1CCS(=O)(=O)C1. The number of aryl methyl sites for hydroxylation is 1. The highest BCUT2D eigenvalue weighted by Gasteiger charge is 2.28. The van der Waals surface area contributed by atoms with Gasteiger partial charge in [0.05, 0.1) is 17.3 Å². The van der Waals surface area contributed by atoms with Crippen molar-refractivity contribution < 1.29 is 13.2 Å². The zero-order valence-corrected chi connectivity index (χ0v) is 12.4. The van der Waals surface area contributed by atoms with E-state index in [-0.39, 0.29) is 22.7 Å². The highest BCUT2D eigenvalue weighted by atomic mass is 32.2. The van der Waals surface area contributed by atoms with Gasteiger partial charge >= 0.3 is 0 Å². The fourth-order valence-electron chi connectivity index (χ4n) is 1.99. The van der Waals surface area contributed by atoms with E-state index in [0.29, 0.717) is 12.2 Å². The van der Waals surface area contributed by atoms with Gasteiger partial charge in [-0.05, 0) is 25.0 Å². The van der Waals surface area contributed by atoms with Crippen molar-refractivity contribution in [3.8, 4) is 0 Å². The molecule has 1 fully saturated rings. The Morgan fingerprint density at radius 3 is 2.79 bits per heavy atom. The number of amides is 1. The minimum absolute atomic E-state index is 0.0626. The Balaban J connectivity index is 1.81. The standard InChI is InChI=1S/C13H17NO3S2/c1-10-4-2-3-5-12(10)14-13(15)8-18-11-6-7-19(16,17)9-11/h2-5,11H,6-9H2,1H3,(H,14,15)/t11-/m0/s1. The first-order valence-electron chi connectivity index (χ1n) is 6.14. The molecule has 1 saturated heterocycles. The van der Waals surface area contributed by atoms with Crippen LogP contribution in [0.3, 0.4) is 0 Å². The normalized spacial score (nSPS) is 21.2. The molecule has 19 heavy (non-hydrogen) atoms. The van der Waals surface area contributed by atoms with Gasteiger partial charge in [0.2, 0.25) is 5.91 Å². The molecule has 104 valence electrons. The number of benzene rings is 1. The van der Waals surface area contributed by atoms with E-state index < -0.39 is 9.84 Å². The van der Waals surface area contributed by atoms with Crippen LogP contribution >= 0.6 is 11.8 Å². The van der Waals surface area contributed by atoms with Crippen LogP contribution in [0.5, 0.6) is 0 Å². The number of hydrogen-bond acceptors (Lipinski definition) is 4. The summed E-state index contributed by atoms with van der Waals surface area (Å²) < 4.78 is 22.6. The third-order valence-corrected chi connectivity index (χ3v) is 6.34. The van der Waals surface area contributed by atoms with Crippen molar-refractivity contribution in [3.63, 3.8) is 0 Å². The summed E-state index contributed by atoms with van der Waals surface area (Å²) in [6.07, 6.45) is 0.657. The number of nitrogens with one attached hydrogen (secondary N) is 1. The Labute approximate surface area is 117 Å². The monoisotopic (exact) mass is 299 g/mol. The van der Waals surface area contributed by atoms with Crippen LogP contribution in [-0.4, -0.2) is 36.8 Å². The third-order valence-electron chi connectivity index (χ3n) is 3.06. The molecule has 0 aromatic heterocycles. The molecular formula is C13H17NO3S2. The average molecular weight is 299 g/mol. The van der Waals surface area contributed by atoms with Gasteiger partial charge in [-0.1, -0.05) is 18.2 Å². The van der Waals surface area contributed by atoms with E-state index in [9.17, 15) is 13.2 Å². The Kier molecular flexibility index (Phi) is 4.52. The lowest BCUT2D eigenvalue weighted by Gasteiger charge is -2.10. The van der Waals surface area contributed by atoms with Crippen molar-refractivity contribution in [2.24, 2.45) is 0 Å². The minimum atomic E-state index is -2.86. The van der Waals surface area contributed by atoms with E-state index in [2.05, 4.69) is 5.32 Å². The van der Waals surface area contributed by atoms with Gasteiger partial charge in [-0.3, -0.25) is 4.79 Å². The van der Waals surface area contributed by atoms with Crippen molar-refractivity contribution in [1.29, 1.82) is 0 Å². The van der Waals surface area contributed by atoms with Crippen LogP contribution in [0, 0.1) is 6.92 Å². The molecule has 1 N–H and O–H groups in total. The predicted molar refractivity (Wildman–Crippen MR) is 79.3 cm³/mol. The third kappa shape index (κ3) is 4.24. The first kappa shape index (κ1) is 14.4. The first-order chi connectivity index (χ1) is 8.96. The number of rotatable bonds is 4. The summed E-state index contributed by atoms with van der Waals surface area (Å²) in [5.74, 6) is 0.678. The molecule has 4 nitrogen and oxygen atoms in total. The number of hydrogen-bond donors (Lipinski definition) is 1. The lowest BCUT2D eigenvalue weighted by atomic mass is 10.2. The second kappa shape index (κ2) is 5.96. The second-order valence-electron chi connectivity index (χ2n) is 4.70. The Morgan fingerprint density at radius 1 is 1.42 bits per heavy atom. The van der Waals surface area contributed by atoms with Gasteiger partial charge in [-0.25, -0.2) is 8.42 Å². The van der Waals surface area contributed by atoms with Crippen LogP contribution in [0.25, 0.3) is 0 Å². The topological polar surface area (TPSA) is 63.2 Å². The zero-order valence-electron chi connectivity index (χ0n) is 10.8. The largest absolute Gasteiger partial charge is 0.325 e. The van der Waals surface area contributed by atoms with Crippen LogP contribution in [0.4, 0.5) is 5.69 Å². The quantitative estimate of drug-likeness (QED) is 0.921. The Morgan fingerprint density at radius 2 is 2.16 bits per heavy atom. The smallest absolute Gasteiger partial charge is 0.234 e. The fourth-order valence-corrected chi connectivity index (χ4v) is 5.43. The summed E-state index contributed by atoms with van der Waals surface area (Å²) in [5, 5.41) is 2.91. The predicted octanol–water partition coefficient (Wildman–Crippen LogP) is 1.85. The minimum Gasteiger partial charge on any atom is -0.325 e. The van der Waals surface area contributed by atoms with E-state index in [1.807, 2.05) is 31.2 Å². The number of sulfone groups is 1. The maximum atomic E-state index is 11.8. The second-order valence-corrected chi connectivity index (χ2v) is 8.22. The highest BCUT2D eigenvalue weighted by Crippen LogP contribution is 2.24. The van der Waals surface area contributed by atoms with Crippen molar-refractivity contribution in [2.45, 2.75) is 18.6 Å². The Bertz CT molecular complexity index is 569. The number of anilines is 1. The van der Waals surface area contributed by atoms with Crippen molar-refractivity contribution in [1.82, 2.24) is 0 Å². The zero-order chi connectivity index (χ0) is 13.9. The first-order valence-corrected chi connectivity index (χ1v) is 9.01. The summed E-state index contributed by atoms with van der Waals surface area (Å²) >= 11 is 1.43. The van der Waals surface area contributed by atoms with Crippen LogP contribution in [0.2, 0.25) is 0 Å². The molecule has 1 aliphatic heterocycles. The van der Waals surface area contributed by atoms with Gasteiger partial charge in [0.25, 0.3) is 0 Å². The lowest BCUT2D eigenvalue weighted by molar-refractivity contribution is -0.113. The molecule has 1 atom stereocenters. The van der Waals surface area contributed by atoms with E-state index in [1.54, 1.807) is 0 Å². The number of carbonyl (C=O) groups excluding carboxylic acids is 1. The summed E-state index contributed by atoms with van der Waals surface area (Å²) in [4.78, 5) is 11.8. The molecule has 1 heterocycles. The molecule has 2 rings (SSSR count). The molecular weight excluding hydrogens is 282 g/mol. The molecule has 6 heteroatoms. The molecule has 0 spiro atoms. The molecule has 0 radical (unpaired) electrons. The van der Waals surface area contributed by atoms with E-state index in [1.165, 1.54) is 11.8 Å². The number of para-hydroxylation sites is 1. The van der Waals surface area contributed by atoms with E-state index in [0.717, 1.165) is 11.3 Å². The molecule has 1 aromatic carbocycles. The molecule has 0 bridgehead atoms. The van der Waals surface area contributed by atoms with E-state index >= 15 is 0 Å². The van der Waals surface area contributed by atoms with Gasteiger partial charge in [0, 0.05) is 10.9 Å². The van der Waals surface area contributed by atoms with Crippen LogP contribution in [0.1, 0.15) is 12.0 Å². The number of thioether (sulfide) groups is 1. The van der Waals surface area contributed by atoms with Gasteiger partial charge in [0.1, 0.15) is 0 Å². The molecule has 1 aromatic rings. The molecule has 0 unspecified atom stereocenters. The maximum absolute atomic E-state index is 11.8. The van der Waals surface area contributed by atoms with E-state index in [4.69, 9.17) is 0 Å². The fraction of sp³-hybridized carbons (Fsp3) is 0.462. The van der Waals surface area contributed by atoms with Crippen LogP contribution in [-0.2, 0) is 14.6 Å². The summed E-state index contributed by atoms with van der Waals surface area (Å²) in [5.41, 5.74) is 1.83. The van der Waals surface area contributed by atoms with Crippen molar-refractivity contribution in [2.75, 3.05) is 22.6 Å². The molecule has 1 aliphatic rings. The van der Waals surface area contributed by atoms with Crippen molar-refractivity contribution in [3.05, 3.63) is 29.8 Å². The molecule has 0 saturated carbocycles. The van der Waals surface area contributed by atoms with Gasteiger partial charge in [0.15, 0.2) is 9.84 Å². The van der Waals surface area contributed by atoms with Gasteiger partial charge in [-0.15, -0.1) is 11.8 Å². The van der Waals surface area contributed by atoms with Crippen LogP contribution in [0.15, 0.2) is 24.3 Å². The van der Waals surface area contributed by atoms with Crippen molar-refractivity contribution >= 4 is 33.2 Å². The van der Waals surface area contributed by atoms with Crippen LogP contribution < -0.4 is 5.32 Å². The summed E-state index contributed by atoms with van der Waals surface area (Å²) in [6.45, 7) is 1.94. The number of carbonyl (C=O) groups is 1. The highest BCUT2D eigenvalue weighted by molar-refractivity contribution is 8.02. The van der Waals surface area contributed by atoms with Gasteiger partial charge < -0.3 is 5.32 Å². The molecule has 1 amide bonds. The van der Waals surface area contributed by atoms with Gasteiger partial charge in [-0.2, -0.15) is 0 Å². The summed E-state index contributed by atoms with van der Waals surface area (Å²) in [6, 6.07) is 7.59. The lowest BCUT2D eigenvalue weighted by Crippen LogP contribution is -2.17. The maximum Gasteiger partial charge on any atom is 0.234 e. The summed E-state index contributed by atoms with van der Waals surface area (Å²) in [7, 11) is -2.86.